The van der Waals surface area contributed by atoms with E-state index in [9.17, 15) is 0 Å². The Morgan fingerprint density at radius 1 is 0.789 bits per heavy atom. The van der Waals surface area contributed by atoms with Crippen molar-refractivity contribution in [3.8, 4) is 0 Å². The normalized spacial score (nSPS) is 13.3. The largest absolute Gasteiger partial charge is 0.473 e. The fraction of sp³-hybridized carbons (Fsp3) is 0.333. The van der Waals surface area contributed by atoms with E-state index in [1.165, 1.54) is 34.1 Å². The van der Waals surface area contributed by atoms with Gasteiger partial charge in [-0.2, -0.15) is 0 Å². The zero-order valence-electron chi connectivity index (χ0n) is 21.9. The SMILES string of the molecule is CCCSc1ccccc1N1CCN(CCCN(c2ccccc2)c2ccccc2)CC1.O=C(O)C(=O)O. The zero-order chi connectivity index (χ0) is 27.2. The summed E-state index contributed by atoms with van der Waals surface area (Å²) >= 11 is 1.99. The molecular formula is C30H37N3O4S. The highest BCUT2D eigenvalue weighted by Crippen LogP contribution is 2.31. The molecule has 1 aliphatic rings. The molecule has 0 atom stereocenters. The van der Waals surface area contributed by atoms with Crippen molar-refractivity contribution in [2.75, 3.05) is 54.8 Å². The van der Waals surface area contributed by atoms with Crippen molar-refractivity contribution >= 4 is 40.8 Å². The summed E-state index contributed by atoms with van der Waals surface area (Å²) in [7, 11) is 0. The number of nitrogens with zero attached hydrogens (tertiary/aromatic N) is 3. The van der Waals surface area contributed by atoms with Gasteiger partial charge in [0.05, 0.1) is 5.69 Å². The van der Waals surface area contributed by atoms with Crippen LogP contribution in [-0.2, 0) is 9.59 Å². The monoisotopic (exact) mass is 535 g/mol. The fourth-order valence-electron chi connectivity index (χ4n) is 4.34. The Labute approximate surface area is 229 Å². The maximum Gasteiger partial charge on any atom is 0.414 e. The third-order valence-corrected chi connectivity index (χ3v) is 7.48. The number of carboxylic acid groups (broad SMARTS) is 2. The summed E-state index contributed by atoms with van der Waals surface area (Å²) in [5.41, 5.74) is 3.96. The topological polar surface area (TPSA) is 84.3 Å². The van der Waals surface area contributed by atoms with E-state index in [0.717, 1.165) is 45.7 Å². The number of hydrogen-bond donors (Lipinski definition) is 2. The van der Waals surface area contributed by atoms with Crippen LogP contribution >= 0.6 is 11.8 Å². The van der Waals surface area contributed by atoms with Gasteiger partial charge >= 0.3 is 11.9 Å². The minimum absolute atomic E-state index is 1.03. The van der Waals surface area contributed by atoms with Crippen LogP contribution in [0.1, 0.15) is 19.8 Å². The van der Waals surface area contributed by atoms with Gasteiger partial charge in [-0.1, -0.05) is 55.5 Å². The number of para-hydroxylation sites is 3. The molecule has 0 bridgehead atoms. The van der Waals surface area contributed by atoms with Crippen LogP contribution in [0.3, 0.4) is 0 Å². The van der Waals surface area contributed by atoms with Crippen LogP contribution in [-0.4, -0.2) is 72.1 Å². The Balaban J connectivity index is 0.000000599. The van der Waals surface area contributed by atoms with E-state index in [1.807, 2.05) is 11.8 Å². The molecule has 2 N–H and O–H groups in total. The van der Waals surface area contributed by atoms with E-state index in [0.29, 0.717) is 0 Å². The standard InChI is InChI=1S/C28H35N3S.C2H2O4/c1-2-24-32-28-17-10-9-16-27(28)30-22-20-29(21-23-30)18-11-19-31(25-12-5-3-6-13-25)26-14-7-4-8-15-26;3-1(4)2(5)6/h3-10,12-17H,2,11,18-24H2,1H3;(H,3,4)(H,5,6). The first-order valence-corrected chi connectivity index (χ1v) is 14.0. The molecule has 3 aromatic carbocycles. The number of anilines is 3. The van der Waals surface area contributed by atoms with Crippen LogP contribution < -0.4 is 9.80 Å². The summed E-state index contributed by atoms with van der Waals surface area (Å²) in [6.45, 7) is 8.95. The Morgan fingerprint density at radius 2 is 1.32 bits per heavy atom. The molecule has 202 valence electrons. The number of carbonyl (C=O) groups is 2. The van der Waals surface area contributed by atoms with E-state index >= 15 is 0 Å². The molecule has 1 aliphatic heterocycles. The van der Waals surface area contributed by atoms with Gasteiger partial charge in [0.2, 0.25) is 0 Å². The van der Waals surface area contributed by atoms with Crippen molar-refractivity contribution in [1.29, 1.82) is 0 Å². The Kier molecular flexibility index (Phi) is 12.0. The number of aliphatic carboxylic acids is 2. The predicted octanol–water partition coefficient (Wildman–Crippen LogP) is 5.69. The minimum atomic E-state index is -1.82. The van der Waals surface area contributed by atoms with Gasteiger partial charge in [-0.05, 0) is 61.5 Å². The Hall–Kier alpha value is -3.49. The van der Waals surface area contributed by atoms with Gasteiger partial charge in [0.1, 0.15) is 0 Å². The van der Waals surface area contributed by atoms with Crippen molar-refractivity contribution in [3.63, 3.8) is 0 Å². The molecule has 1 fully saturated rings. The van der Waals surface area contributed by atoms with Crippen molar-refractivity contribution in [1.82, 2.24) is 4.90 Å². The quantitative estimate of drug-likeness (QED) is 0.253. The number of piperazine rings is 1. The summed E-state index contributed by atoms with van der Waals surface area (Å²) in [6, 6.07) is 30.4. The lowest BCUT2D eigenvalue weighted by Crippen LogP contribution is -2.47. The van der Waals surface area contributed by atoms with Crippen LogP contribution in [0.2, 0.25) is 0 Å². The van der Waals surface area contributed by atoms with Gasteiger partial charge in [-0.15, -0.1) is 11.8 Å². The minimum Gasteiger partial charge on any atom is -0.473 e. The van der Waals surface area contributed by atoms with Crippen molar-refractivity contribution in [3.05, 3.63) is 84.9 Å². The third-order valence-electron chi connectivity index (χ3n) is 6.21. The molecule has 0 amide bonds. The van der Waals surface area contributed by atoms with E-state index in [4.69, 9.17) is 19.8 Å². The second-order valence-corrected chi connectivity index (χ2v) is 10.1. The molecule has 1 saturated heterocycles. The summed E-state index contributed by atoms with van der Waals surface area (Å²) in [5.74, 6) is -2.46. The van der Waals surface area contributed by atoms with Gasteiger partial charge in [-0.25, -0.2) is 9.59 Å². The summed E-state index contributed by atoms with van der Waals surface area (Å²) < 4.78 is 0. The highest BCUT2D eigenvalue weighted by atomic mass is 32.2. The zero-order valence-corrected chi connectivity index (χ0v) is 22.7. The third kappa shape index (κ3) is 9.11. The number of benzene rings is 3. The molecule has 4 rings (SSSR count). The second kappa shape index (κ2) is 15.7. The highest BCUT2D eigenvalue weighted by Gasteiger charge is 2.19. The van der Waals surface area contributed by atoms with Crippen LogP contribution in [0.25, 0.3) is 0 Å². The lowest BCUT2D eigenvalue weighted by molar-refractivity contribution is -0.159. The first kappa shape index (κ1) is 29.1. The molecule has 0 aliphatic carbocycles. The molecule has 0 unspecified atom stereocenters. The molecule has 38 heavy (non-hydrogen) atoms. The fourth-order valence-corrected chi connectivity index (χ4v) is 5.28. The van der Waals surface area contributed by atoms with Gasteiger partial charge in [0, 0.05) is 49.0 Å². The summed E-state index contributed by atoms with van der Waals surface area (Å²) in [4.78, 5) is 27.3. The molecule has 0 saturated carbocycles. The van der Waals surface area contributed by atoms with Crippen molar-refractivity contribution in [2.45, 2.75) is 24.7 Å². The molecule has 0 radical (unpaired) electrons. The first-order valence-electron chi connectivity index (χ1n) is 13.0. The highest BCUT2D eigenvalue weighted by molar-refractivity contribution is 7.99. The average molecular weight is 536 g/mol. The maximum atomic E-state index is 9.10. The second-order valence-electron chi connectivity index (χ2n) is 8.93. The number of thioether (sulfide) groups is 1. The van der Waals surface area contributed by atoms with Crippen molar-refractivity contribution in [2.24, 2.45) is 0 Å². The molecule has 7 nitrogen and oxygen atoms in total. The predicted molar refractivity (Wildman–Crippen MR) is 156 cm³/mol. The van der Waals surface area contributed by atoms with Gasteiger partial charge in [0.25, 0.3) is 0 Å². The van der Waals surface area contributed by atoms with Crippen molar-refractivity contribution < 1.29 is 19.8 Å². The molecule has 1 heterocycles. The molecular weight excluding hydrogens is 498 g/mol. The average Bonchev–Trinajstić information content (AvgIpc) is 2.96. The van der Waals surface area contributed by atoms with Crippen LogP contribution in [0.4, 0.5) is 17.1 Å². The lowest BCUT2D eigenvalue weighted by atomic mass is 10.2. The van der Waals surface area contributed by atoms with E-state index in [2.05, 4.69) is 107 Å². The summed E-state index contributed by atoms with van der Waals surface area (Å²) in [6.07, 6.45) is 2.38. The van der Waals surface area contributed by atoms with Crippen LogP contribution in [0.15, 0.2) is 89.8 Å². The van der Waals surface area contributed by atoms with Gasteiger partial charge < -0.3 is 20.0 Å². The smallest absolute Gasteiger partial charge is 0.414 e. The van der Waals surface area contributed by atoms with Crippen LogP contribution in [0.5, 0.6) is 0 Å². The molecule has 3 aromatic rings. The van der Waals surface area contributed by atoms with E-state index in [1.54, 1.807) is 0 Å². The number of rotatable bonds is 10. The number of carboxylic acids is 2. The number of hydrogen-bond acceptors (Lipinski definition) is 6. The van der Waals surface area contributed by atoms with Crippen LogP contribution in [0, 0.1) is 0 Å². The van der Waals surface area contributed by atoms with E-state index in [-0.39, 0.29) is 0 Å². The maximum absolute atomic E-state index is 9.10. The molecule has 8 heteroatoms. The Morgan fingerprint density at radius 3 is 1.84 bits per heavy atom. The van der Waals surface area contributed by atoms with Gasteiger partial charge in [-0.3, -0.25) is 4.90 Å². The molecule has 0 spiro atoms. The van der Waals surface area contributed by atoms with E-state index < -0.39 is 11.9 Å². The van der Waals surface area contributed by atoms with Gasteiger partial charge in [0.15, 0.2) is 0 Å². The lowest BCUT2D eigenvalue weighted by Gasteiger charge is -2.37. The first-order chi connectivity index (χ1) is 18.5. The molecule has 0 aromatic heterocycles. The summed E-state index contributed by atoms with van der Waals surface area (Å²) in [5, 5.41) is 14.8. The Bertz CT molecular complexity index is 1070.